The summed E-state index contributed by atoms with van der Waals surface area (Å²) in [5, 5.41) is 8.71. The third kappa shape index (κ3) is 2.33. The number of rotatable bonds is 4. The summed E-state index contributed by atoms with van der Waals surface area (Å²) in [6.45, 7) is 0.807. The summed E-state index contributed by atoms with van der Waals surface area (Å²) in [7, 11) is 0. The Morgan fingerprint density at radius 3 is 2.64 bits per heavy atom. The van der Waals surface area contributed by atoms with Crippen LogP contribution in [0, 0.1) is 0 Å². The first-order chi connectivity index (χ1) is 6.75. The van der Waals surface area contributed by atoms with Crippen molar-refractivity contribution in [2.75, 3.05) is 6.61 Å². The molecule has 3 nitrogen and oxygen atoms in total. The van der Waals surface area contributed by atoms with Crippen LogP contribution < -0.4 is 0 Å². The molecule has 0 aromatic heterocycles. The van der Waals surface area contributed by atoms with Crippen molar-refractivity contribution in [2.24, 2.45) is 0 Å². The van der Waals surface area contributed by atoms with Crippen molar-refractivity contribution >= 4 is 5.97 Å². The smallest absolute Gasteiger partial charge is 0.307 e. The number of ether oxygens (including phenoxy) is 1. The van der Waals surface area contributed by atoms with E-state index in [1.165, 1.54) is 0 Å². The number of epoxide rings is 1. The van der Waals surface area contributed by atoms with Crippen molar-refractivity contribution in [3.8, 4) is 0 Å². The van der Waals surface area contributed by atoms with Gasteiger partial charge in [-0.25, -0.2) is 0 Å². The van der Waals surface area contributed by atoms with Gasteiger partial charge in [0.25, 0.3) is 0 Å². The maximum atomic E-state index is 10.6. The molecule has 3 heteroatoms. The van der Waals surface area contributed by atoms with Gasteiger partial charge < -0.3 is 9.84 Å². The maximum absolute atomic E-state index is 10.6. The van der Waals surface area contributed by atoms with E-state index in [0.29, 0.717) is 6.10 Å². The SMILES string of the molecule is O=C(O)Cc1ccccc1CC1CO1. The molecule has 1 heterocycles. The van der Waals surface area contributed by atoms with E-state index in [1.54, 1.807) is 0 Å². The summed E-state index contributed by atoms with van der Waals surface area (Å²) in [6.07, 6.45) is 1.25. The van der Waals surface area contributed by atoms with Gasteiger partial charge in [0.1, 0.15) is 0 Å². The molecule has 1 aliphatic rings. The topological polar surface area (TPSA) is 49.8 Å². The molecule has 0 spiro atoms. The molecule has 2 rings (SSSR count). The molecule has 1 aromatic rings. The Balaban J connectivity index is 2.14. The second-order valence-corrected chi connectivity index (χ2v) is 3.50. The molecule has 74 valence electrons. The minimum absolute atomic E-state index is 0.100. The van der Waals surface area contributed by atoms with E-state index in [4.69, 9.17) is 9.84 Å². The van der Waals surface area contributed by atoms with Gasteiger partial charge in [-0.1, -0.05) is 24.3 Å². The van der Waals surface area contributed by atoms with E-state index in [9.17, 15) is 4.79 Å². The lowest BCUT2D eigenvalue weighted by Gasteiger charge is -2.05. The molecule has 0 amide bonds. The van der Waals surface area contributed by atoms with Crippen LogP contribution in [0.4, 0.5) is 0 Å². The van der Waals surface area contributed by atoms with Crippen molar-refractivity contribution in [3.05, 3.63) is 35.4 Å². The van der Waals surface area contributed by atoms with E-state index in [-0.39, 0.29) is 6.42 Å². The predicted octanol–water partition coefficient (Wildman–Crippen LogP) is 1.26. The second kappa shape index (κ2) is 3.80. The molecule has 0 aliphatic carbocycles. The Morgan fingerprint density at radius 2 is 2.07 bits per heavy atom. The zero-order valence-electron chi connectivity index (χ0n) is 7.77. The fraction of sp³-hybridized carbons (Fsp3) is 0.364. The van der Waals surface area contributed by atoms with Crippen molar-refractivity contribution in [3.63, 3.8) is 0 Å². The second-order valence-electron chi connectivity index (χ2n) is 3.50. The molecule has 0 saturated carbocycles. The summed E-state index contributed by atoms with van der Waals surface area (Å²) in [5.41, 5.74) is 1.99. The van der Waals surface area contributed by atoms with Crippen LogP contribution in [-0.2, 0) is 22.4 Å². The molecule has 0 bridgehead atoms. The minimum atomic E-state index is -0.783. The Kier molecular flexibility index (Phi) is 2.50. The maximum Gasteiger partial charge on any atom is 0.307 e. The number of carboxylic acids is 1. The predicted molar refractivity (Wildman–Crippen MR) is 51.2 cm³/mol. The quantitative estimate of drug-likeness (QED) is 0.730. The number of hydrogen-bond acceptors (Lipinski definition) is 2. The molecule has 1 atom stereocenters. The number of benzene rings is 1. The highest BCUT2D eigenvalue weighted by Crippen LogP contribution is 2.19. The Hall–Kier alpha value is -1.35. The number of carboxylic acid groups (broad SMARTS) is 1. The third-order valence-electron chi connectivity index (χ3n) is 2.31. The van der Waals surface area contributed by atoms with Crippen molar-refractivity contribution in [1.82, 2.24) is 0 Å². The van der Waals surface area contributed by atoms with E-state index in [0.717, 1.165) is 24.2 Å². The molecule has 0 radical (unpaired) electrons. The molecule has 14 heavy (non-hydrogen) atoms. The summed E-state index contributed by atoms with van der Waals surface area (Å²) in [4.78, 5) is 10.6. The number of hydrogen-bond donors (Lipinski definition) is 1. The molecule has 1 saturated heterocycles. The van der Waals surface area contributed by atoms with Crippen molar-refractivity contribution < 1.29 is 14.6 Å². The molecule has 1 aromatic carbocycles. The average Bonchev–Trinajstić information content (AvgIpc) is 2.91. The van der Waals surface area contributed by atoms with E-state index >= 15 is 0 Å². The largest absolute Gasteiger partial charge is 0.481 e. The van der Waals surface area contributed by atoms with Crippen LogP contribution in [0.25, 0.3) is 0 Å². The lowest BCUT2D eigenvalue weighted by Crippen LogP contribution is -2.05. The summed E-state index contributed by atoms with van der Waals surface area (Å²) >= 11 is 0. The summed E-state index contributed by atoms with van der Waals surface area (Å²) < 4.78 is 5.12. The van der Waals surface area contributed by atoms with Gasteiger partial charge in [0.05, 0.1) is 19.1 Å². The van der Waals surface area contributed by atoms with Gasteiger partial charge in [-0.2, -0.15) is 0 Å². The van der Waals surface area contributed by atoms with Crippen LogP contribution in [0.3, 0.4) is 0 Å². The van der Waals surface area contributed by atoms with E-state index < -0.39 is 5.97 Å². The lowest BCUT2D eigenvalue weighted by atomic mass is 10.0. The van der Waals surface area contributed by atoms with Crippen LogP contribution in [0.1, 0.15) is 11.1 Å². The zero-order chi connectivity index (χ0) is 9.97. The third-order valence-corrected chi connectivity index (χ3v) is 2.31. The monoisotopic (exact) mass is 192 g/mol. The highest BCUT2D eigenvalue weighted by atomic mass is 16.6. The van der Waals surface area contributed by atoms with Gasteiger partial charge in [-0.15, -0.1) is 0 Å². The van der Waals surface area contributed by atoms with Gasteiger partial charge in [0, 0.05) is 6.42 Å². The summed E-state index contributed by atoms with van der Waals surface area (Å²) in [5.74, 6) is -0.783. The van der Waals surface area contributed by atoms with Crippen LogP contribution in [0.5, 0.6) is 0 Å². The van der Waals surface area contributed by atoms with Gasteiger partial charge in [-0.3, -0.25) is 4.79 Å². The Bertz CT molecular complexity index is 342. The van der Waals surface area contributed by atoms with E-state index in [2.05, 4.69) is 0 Å². The first-order valence-corrected chi connectivity index (χ1v) is 4.66. The van der Waals surface area contributed by atoms with Crippen molar-refractivity contribution in [1.29, 1.82) is 0 Å². The van der Waals surface area contributed by atoms with Crippen LogP contribution >= 0.6 is 0 Å². The van der Waals surface area contributed by atoms with E-state index in [1.807, 2.05) is 24.3 Å². The minimum Gasteiger partial charge on any atom is -0.481 e. The zero-order valence-corrected chi connectivity index (χ0v) is 7.77. The fourth-order valence-electron chi connectivity index (χ4n) is 1.52. The highest BCUT2D eigenvalue weighted by molar-refractivity contribution is 5.70. The summed E-state index contributed by atoms with van der Waals surface area (Å²) in [6, 6.07) is 7.64. The van der Waals surface area contributed by atoms with Crippen LogP contribution in [0.2, 0.25) is 0 Å². The standard InChI is InChI=1S/C11H12O3/c12-11(13)6-9-4-2-1-3-8(9)5-10-7-14-10/h1-4,10H,5-7H2,(H,12,13). The van der Waals surface area contributed by atoms with Gasteiger partial charge in [0.2, 0.25) is 0 Å². The fourth-order valence-corrected chi connectivity index (χ4v) is 1.52. The first kappa shape index (κ1) is 9.21. The Labute approximate surface area is 82.3 Å². The molecule has 1 fully saturated rings. The van der Waals surface area contributed by atoms with Crippen molar-refractivity contribution in [2.45, 2.75) is 18.9 Å². The number of aliphatic carboxylic acids is 1. The molecule has 1 aliphatic heterocycles. The normalized spacial score (nSPS) is 19.3. The highest BCUT2D eigenvalue weighted by Gasteiger charge is 2.23. The molecule has 1 N–H and O–H groups in total. The Morgan fingerprint density at radius 1 is 1.43 bits per heavy atom. The average molecular weight is 192 g/mol. The molecular weight excluding hydrogens is 180 g/mol. The molecule has 1 unspecified atom stereocenters. The molecular formula is C11H12O3. The number of carbonyl (C=O) groups is 1. The van der Waals surface area contributed by atoms with Gasteiger partial charge in [0.15, 0.2) is 0 Å². The van der Waals surface area contributed by atoms with Gasteiger partial charge >= 0.3 is 5.97 Å². The van der Waals surface area contributed by atoms with Crippen LogP contribution in [0.15, 0.2) is 24.3 Å². The first-order valence-electron chi connectivity index (χ1n) is 4.66. The lowest BCUT2D eigenvalue weighted by molar-refractivity contribution is -0.136. The van der Waals surface area contributed by atoms with Gasteiger partial charge in [-0.05, 0) is 11.1 Å². The van der Waals surface area contributed by atoms with Crippen LogP contribution in [-0.4, -0.2) is 23.8 Å².